The number of fused-ring (bicyclic) bond motifs is 2. The van der Waals surface area contributed by atoms with E-state index in [0.717, 1.165) is 61.8 Å². The fourth-order valence-electron chi connectivity index (χ4n) is 5.92. The number of hydrogen-bond acceptors (Lipinski definition) is 4. The SMILES string of the molecule is C[C@@H]1C[C@H](c2ccc(C#N)c3ncccc23)CN(C(=O)CC2[C@H]3CN(C)C[C@@H]23)C1. The van der Waals surface area contributed by atoms with E-state index in [1.165, 1.54) is 5.56 Å². The van der Waals surface area contributed by atoms with Crippen LogP contribution in [0.25, 0.3) is 10.9 Å². The van der Waals surface area contributed by atoms with Gasteiger partial charge in [-0.15, -0.1) is 0 Å². The first-order valence-corrected chi connectivity index (χ1v) is 10.8. The zero-order valence-electron chi connectivity index (χ0n) is 17.2. The second kappa shape index (κ2) is 7.11. The van der Waals surface area contributed by atoms with Gasteiger partial charge < -0.3 is 9.80 Å². The third kappa shape index (κ3) is 3.30. The van der Waals surface area contributed by atoms with E-state index in [4.69, 9.17) is 0 Å². The van der Waals surface area contributed by atoms with Gasteiger partial charge in [0.2, 0.25) is 5.91 Å². The molecule has 1 aromatic carbocycles. The van der Waals surface area contributed by atoms with Gasteiger partial charge in [0.1, 0.15) is 6.07 Å². The van der Waals surface area contributed by atoms with Gasteiger partial charge in [0.25, 0.3) is 0 Å². The minimum atomic E-state index is 0.298. The van der Waals surface area contributed by atoms with Crippen molar-refractivity contribution >= 4 is 16.8 Å². The zero-order valence-corrected chi connectivity index (χ0v) is 17.2. The first-order chi connectivity index (χ1) is 14.0. The number of carbonyl (C=O) groups is 1. The number of nitriles is 1. The van der Waals surface area contributed by atoms with Crippen LogP contribution in [0.4, 0.5) is 0 Å². The number of piperidine rings is 2. The van der Waals surface area contributed by atoms with Crippen molar-refractivity contribution in [1.29, 1.82) is 5.26 Å². The van der Waals surface area contributed by atoms with Crippen LogP contribution in [0.3, 0.4) is 0 Å². The van der Waals surface area contributed by atoms with E-state index in [-0.39, 0.29) is 0 Å². The number of nitrogens with zero attached hydrogens (tertiary/aromatic N) is 4. The highest BCUT2D eigenvalue weighted by Gasteiger charge is 2.55. The number of pyridine rings is 1. The van der Waals surface area contributed by atoms with Crippen LogP contribution < -0.4 is 0 Å². The normalized spacial score (nSPS) is 31.5. The standard InChI is InChI=1S/C24H28N4O/c1-15-8-17(18-6-5-16(10-25)24-19(18)4-3-7-26-24)12-28(11-15)23(29)9-20-21-13-27(2)14-22(20)21/h3-7,15,17,20-22H,8-9,11-14H2,1-2H3/t15-,17+,20?,21-,22+/m1/s1. The van der Waals surface area contributed by atoms with Gasteiger partial charge in [-0.2, -0.15) is 5.26 Å². The summed E-state index contributed by atoms with van der Waals surface area (Å²) in [4.78, 5) is 22.1. The van der Waals surface area contributed by atoms with Crippen LogP contribution in [0.1, 0.15) is 36.8 Å². The van der Waals surface area contributed by atoms with Crippen molar-refractivity contribution in [3.63, 3.8) is 0 Å². The van der Waals surface area contributed by atoms with Gasteiger partial charge in [0, 0.05) is 50.1 Å². The molecular formula is C24H28N4O. The molecule has 3 aliphatic rings. The maximum Gasteiger partial charge on any atom is 0.222 e. The molecule has 0 radical (unpaired) electrons. The molecule has 0 N–H and O–H groups in total. The smallest absolute Gasteiger partial charge is 0.222 e. The predicted molar refractivity (Wildman–Crippen MR) is 112 cm³/mol. The Morgan fingerprint density at radius 3 is 2.76 bits per heavy atom. The lowest BCUT2D eigenvalue weighted by atomic mass is 9.83. The molecule has 1 aromatic heterocycles. The molecule has 2 aromatic rings. The number of aromatic nitrogens is 1. The molecule has 3 heterocycles. The summed E-state index contributed by atoms with van der Waals surface area (Å²) in [7, 11) is 2.18. The van der Waals surface area contributed by atoms with Crippen molar-refractivity contribution in [1.82, 2.24) is 14.8 Å². The molecule has 1 aliphatic carbocycles. The Balaban J connectivity index is 1.35. The van der Waals surface area contributed by atoms with Crippen LogP contribution in [0.5, 0.6) is 0 Å². The largest absolute Gasteiger partial charge is 0.342 e. The molecule has 5 heteroatoms. The molecule has 5 atom stereocenters. The number of rotatable bonds is 3. The number of likely N-dealkylation sites (tertiary alicyclic amines) is 2. The Bertz CT molecular complexity index is 984. The Hall–Kier alpha value is -2.45. The van der Waals surface area contributed by atoms with Gasteiger partial charge in [-0.1, -0.05) is 19.1 Å². The van der Waals surface area contributed by atoms with E-state index in [1.807, 2.05) is 12.1 Å². The fourth-order valence-corrected chi connectivity index (χ4v) is 5.92. The van der Waals surface area contributed by atoms with Gasteiger partial charge in [-0.3, -0.25) is 9.78 Å². The molecule has 0 spiro atoms. The van der Waals surface area contributed by atoms with Crippen LogP contribution in [0.2, 0.25) is 0 Å². The molecule has 3 fully saturated rings. The quantitative estimate of drug-likeness (QED) is 0.810. The van der Waals surface area contributed by atoms with Crippen molar-refractivity contribution in [2.24, 2.45) is 23.7 Å². The molecule has 5 rings (SSSR count). The minimum Gasteiger partial charge on any atom is -0.342 e. The second-order valence-electron chi connectivity index (χ2n) is 9.47. The molecule has 2 aliphatic heterocycles. The van der Waals surface area contributed by atoms with Crippen LogP contribution >= 0.6 is 0 Å². The highest BCUT2D eigenvalue weighted by Crippen LogP contribution is 2.53. The molecule has 2 saturated heterocycles. The summed E-state index contributed by atoms with van der Waals surface area (Å²) in [6.07, 6.45) is 3.54. The number of amides is 1. The Morgan fingerprint density at radius 2 is 2.00 bits per heavy atom. The summed E-state index contributed by atoms with van der Waals surface area (Å²) in [6.45, 7) is 6.21. The highest BCUT2D eigenvalue weighted by atomic mass is 16.2. The summed E-state index contributed by atoms with van der Waals surface area (Å²) in [5, 5.41) is 10.5. The molecule has 1 saturated carbocycles. The highest BCUT2D eigenvalue weighted by molar-refractivity contribution is 5.87. The van der Waals surface area contributed by atoms with Gasteiger partial charge in [-0.25, -0.2) is 0 Å². The second-order valence-corrected chi connectivity index (χ2v) is 9.47. The summed E-state index contributed by atoms with van der Waals surface area (Å²) in [5.41, 5.74) is 2.62. The van der Waals surface area contributed by atoms with Crippen molar-refractivity contribution < 1.29 is 4.79 Å². The summed E-state index contributed by atoms with van der Waals surface area (Å²) in [5.74, 6) is 3.21. The number of hydrogen-bond donors (Lipinski definition) is 0. The van der Waals surface area contributed by atoms with E-state index in [2.05, 4.69) is 47.0 Å². The number of carbonyl (C=O) groups excluding carboxylic acids is 1. The van der Waals surface area contributed by atoms with Gasteiger partial charge in [0.15, 0.2) is 0 Å². The van der Waals surface area contributed by atoms with E-state index >= 15 is 0 Å². The lowest BCUT2D eigenvalue weighted by molar-refractivity contribution is -0.133. The maximum absolute atomic E-state index is 13.1. The summed E-state index contributed by atoms with van der Waals surface area (Å²) < 4.78 is 0. The van der Waals surface area contributed by atoms with Crippen LogP contribution in [-0.4, -0.2) is 53.9 Å². The molecule has 1 amide bonds. The zero-order chi connectivity index (χ0) is 20.1. The predicted octanol–water partition coefficient (Wildman–Crippen LogP) is 3.26. The topological polar surface area (TPSA) is 60.2 Å². The van der Waals surface area contributed by atoms with E-state index in [1.54, 1.807) is 6.20 Å². The first kappa shape index (κ1) is 18.6. The van der Waals surface area contributed by atoms with Crippen molar-refractivity contribution in [2.75, 3.05) is 33.2 Å². The lowest BCUT2D eigenvalue weighted by Gasteiger charge is -2.37. The van der Waals surface area contributed by atoms with Crippen LogP contribution in [-0.2, 0) is 4.79 Å². The molecule has 150 valence electrons. The molecular weight excluding hydrogens is 360 g/mol. The Labute approximate surface area is 172 Å². The lowest BCUT2D eigenvalue weighted by Crippen LogP contribution is -2.43. The molecule has 5 nitrogen and oxygen atoms in total. The van der Waals surface area contributed by atoms with Crippen molar-refractivity contribution in [3.8, 4) is 6.07 Å². The van der Waals surface area contributed by atoms with E-state index in [0.29, 0.717) is 29.2 Å². The van der Waals surface area contributed by atoms with Gasteiger partial charge >= 0.3 is 0 Å². The van der Waals surface area contributed by atoms with Gasteiger partial charge in [-0.05, 0) is 54.8 Å². The van der Waals surface area contributed by atoms with E-state index in [9.17, 15) is 10.1 Å². The molecule has 1 unspecified atom stereocenters. The molecule has 29 heavy (non-hydrogen) atoms. The molecule has 0 bridgehead atoms. The summed E-state index contributed by atoms with van der Waals surface area (Å²) >= 11 is 0. The van der Waals surface area contributed by atoms with E-state index < -0.39 is 0 Å². The third-order valence-electron chi connectivity index (χ3n) is 7.34. The average molecular weight is 389 g/mol. The first-order valence-electron chi connectivity index (χ1n) is 10.8. The van der Waals surface area contributed by atoms with Crippen LogP contribution in [0.15, 0.2) is 30.5 Å². The maximum atomic E-state index is 13.1. The van der Waals surface area contributed by atoms with Crippen molar-refractivity contribution in [2.45, 2.75) is 25.7 Å². The summed E-state index contributed by atoms with van der Waals surface area (Å²) in [6, 6.07) is 10.2. The number of benzene rings is 1. The average Bonchev–Trinajstić information content (AvgIpc) is 3.17. The monoisotopic (exact) mass is 388 g/mol. The van der Waals surface area contributed by atoms with Crippen molar-refractivity contribution in [3.05, 3.63) is 41.6 Å². The fraction of sp³-hybridized carbons (Fsp3) is 0.542. The van der Waals surface area contributed by atoms with Gasteiger partial charge in [0.05, 0.1) is 11.1 Å². The Kier molecular flexibility index (Phi) is 4.55. The Morgan fingerprint density at radius 1 is 1.21 bits per heavy atom. The minimum absolute atomic E-state index is 0.298. The van der Waals surface area contributed by atoms with Crippen LogP contribution in [0, 0.1) is 35.0 Å². The third-order valence-corrected chi connectivity index (χ3v) is 7.34.